The van der Waals surface area contributed by atoms with E-state index in [2.05, 4.69) is 54.6 Å². The first-order valence-corrected chi connectivity index (χ1v) is 7.35. The zero-order valence-electron chi connectivity index (χ0n) is 12.6. The zero-order chi connectivity index (χ0) is 15.2. The summed E-state index contributed by atoms with van der Waals surface area (Å²) in [7, 11) is 0. The van der Waals surface area contributed by atoms with Crippen LogP contribution in [-0.2, 0) is 6.42 Å². The van der Waals surface area contributed by atoms with E-state index in [1.54, 1.807) is 6.92 Å². The van der Waals surface area contributed by atoms with E-state index in [0.29, 0.717) is 6.42 Å². The molecule has 0 fully saturated rings. The van der Waals surface area contributed by atoms with Crippen molar-refractivity contribution in [1.29, 1.82) is 0 Å². The quantitative estimate of drug-likeness (QED) is 0.699. The van der Waals surface area contributed by atoms with Crippen LogP contribution in [0.25, 0.3) is 21.5 Å². The summed E-state index contributed by atoms with van der Waals surface area (Å²) in [5, 5.41) is 22.3. The highest BCUT2D eigenvalue weighted by Crippen LogP contribution is 2.29. The number of fused-ring (bicyclic) bond motifs is 2. The highest BCUT2D eigenvalue weighted by atomic mass is 16.3. The maximum absolute atomic E-state index is 9.72. The largest absolute Gasteiger partial charge is 0.397 e. The van der Waals surface area contributed by atoms with Gasteiger partial charge in [-0.15, -0.1) is 0 Å². The highest BCUT2D eigenvalue weighted by molar-refractivity contribution is 6.02. The van der Waals surface area contributed by atoms with E-state index in [0.717, 1.165) is 0 Å². The van der Waals surface area contributed by atoms with Gasteiger partial charge in [-0.2, -0.15) is 0 Å². The molecular weight excluding hydrogens is 260 g/mol. The number of aliphatic hydroxyl groups excluding tert-OH is 2. The summed E-state index contributed by atoms with van der Waals surface area (Å²) >= 11 is 0. The summed E-state index contributed by atoms with van der Waals surface area (Å²) in [6, 6.07) is 19.0. The molecule has 0 amide bonds. The number of rotatable bonds is 2. The fourth-order valence-electron chi connectivity index (χ4n) is 2.62. The molecule has 0 aliphatic heterocycles. The van der Waals surface area contributed by atoms with Gasteiger partial charge < -0.3 is 10.2 Å². The van der Waals surface area contributed by atoms with Gasteiger partial charge in [0.2, 0.25) is 0 Å². The molecule has 0 bridgehead atoms. The van der Waals surface area contributed by atoms with Crippen LogP contribution in [-0.4, -0.2) is 22.9 Å². The lowest BCUT2D eigenvalue weighted by Gasteiger charge is -2.12. The molecule has 2 heteroatoms. The van der Waals surface area contributed by atoms with Crippen LogP contribution in [0.4, 0.5) is 0 Å². The fourth-order valence-corrected chi connectivity index (χ4v) is 2.62. The summed E-state index contributed by atoms with van der Waals surface area (Å²) < 4.78 is 0. The molecule has 0 aromatic heterocycles. The lowest BCUT2D eigenvalue weighted by atomic mass is 9.93. The average Bonchev–Trinajstić information content (AvgIpc) is 2.47. The number of hydrogen-bond donors (Lipinski definition) is 2. The normalized spacial score (nSPS) is 12.0. The standard InChI is InChI=1S/C17H16O.C2H6O/c1-12(18)10-17-15-8-4-2-6-13(15)11-14-7-3-5-9-16(14)17;1-2-3/h2-9,11-12,18H,10H2,1H3;3H,2H2,1H3. The van der Waals surface area contributed by atoms with Gasteiger partial charge in [0.1, 0.15) is 0 Å². The van der Waals surface area contributed by atoms with Crippen molar-refractivity contribution in [3.05, 3.63) is 60.2 Å². The van der Waals surface area contributed by atoms with Crippen LogP contribution in [0, 0.1) is 0 Å². The molecule has 2 N–H and O–H groups in total. The summed E-state index contributed by atoms with van der Waals surface area (Å²) in [4.78, 5) is 0. The Balaban J connectivity index is 0.000000497. The number of hydrogen-bond acceptors (Lipinski definition) is 2. The molecule has 21 heavy (non-hydrogen) atoms. The smallest absolute Gasteiger partial charge is 0.0552 e. The first-order chi connectivity index (χ1) is 10.2. The monoisotopic (exact) mass is 282 g/mol. The molecule has 0 saturated heterocycles. The minimum Gasteiger partial charge on any atom is -0.397 e. The van der Waals surface area contributed by atoms with Crippen molar-refractivity contribution in [3.8, 4) is 0 Å². The Hall–Kier alpha value is -1.90. The zero-order valence-corrected chi connectivity index (χ0v) is 12.6. The summed E-state index contributed by atoms with van der Waals surface area (Å²) in [5.41, 5.74) is 1.25. The van der Waals surface area contributed by atoms with Crippen molar-refractivity contribution >= 4 is 21.5 Å². The third kappa shape index (κ3) is 3.60. The second-order valence-electron chi connectivity index (χ2n) is 5.17. The van der Waals surface area contributed by atoms with Crippen LogP contribution in [0.5, 0.6) is 0 Å². The van der Waals surface area contributed by atoms with E-state index in [1.807, 2.05) is 6.92 Å². The molecule has 0 aliphatic rings. The molecule has 1 unspecified atom stereocenters. The van der Waals surface area contributed by atoms with Crippen molar-refractivity contribution in [2.75, 3.05) is 6.61 Å². The Kier molecular flexibility index (Phi) is 5.32. The third-order valence-corrected chi connectivity index (χ3v) is 3.38. The lowest BCUT2D eigenvalue weighted by Crippen LogP contribution is -2.05. The molecule has 3 aromatic rings. The number of benzene rings is 3. The van der Waals surface area contributed by atoms with Crippen LogP contribution in [0.2, 0.25) is 0 Å². The maximum atomic E-state index is 9.72. The van der Waals surface area contributed by atoms with Crippen LogP contribution < -0.4 is 0 Å². The van der Waals surface area contributed by atoms with Crippen molar-refractivity contribution in [3.63, 3.8) is 0 Å². The maximum Gasteiger partial charge on any atom is 0.0552 e. The van der Waals surface area contributed by atoms with Crippen LogP contribution in [0.1, 0.15) is 19.4 Å². The lowest BCUT2D eigenvalue weighted by molar-refractivity contribution is 0.196. The Morgan fingerprint density at radius 1 is 0.905 bits per heavy atom. The second-order valence-corrected chi connectivity index (χ2v) is 5.17. The topological polar surface area (TPSA) is 40.5 Å². The van der Waals surface area contributed by atoms with Gasteiger partial charge >= 0.3 is 0 Å². The first-order valence-electron chi connectivity index (χ1n) is 7.35. The van der Waals surface area contributed by atoms with Crippen LogP contribution >= 0.6 is 0 Å². The highest BCUT2D eigenvalue weighted by Gasteiger charge is 2.09. The van der Waals surface area contributed by atoms with E-state index < -0.39 is 0 Å². The Bertz CT molecular complexity index is 663. The van der Waals surface area contributed by atoms with E-state index in [9.17, 15) is 5.11 Å². The minimum absolute atomic E-state index is 0.250. The Morgan fingerprint density at radius 2 is 1.33 bits per heavy atom. The molecule has 110 valence electrons. The predicted octanol–water partition coefficient (Wildman–Crippen LogP) is 3.91. The molecule has 0 heterocycles. The van der Waals surface area contributed by atoms with Gasteiger partial charge in [0.25, 0.3) is 0 Å². The van der Waals surface area contributed by atoms with Gasteiger partial charge in [0.15, 0.2) is 0 Å². The second kappa shape index (κ2) is 7.21. The van der Waals surface area contributed by atoms with Gasteiger partial charge in [-0.05, 0) is 53.4 Å². The predicted molar refractivity (Wildman–Crippen MR) is 89.6 cm³/mol. The molecule has 3 rings (SSSR count). The van der Waals surface area contributed by atoms with Crippen molar-refractivity contribution in [1.82, 2.24) is 0 Å². The summed E-state index contributed by atoms with van der Waals surface area (Å²) in [6.07, 6.45) is 0.376. The Labute approximate surface area is 125 Å². The van der Waals surface area contributed by atoms with E-state index >= 15 is 0 Å². The number of aliphatic hydroxyl groups is 2. The third-order valence-electron chi connectivity index (χ3n) is 3.38. The summed E-state index contributed by atoms with van der Waals surface area (Å²) in [6.45, 7) is 3.77. The molecule has 0 spiro atoms. The molecular formula is C19H22O2. The van der Waals surface area contributed by atoms with Crippen LogP contribution in [0.15, 0.2) is 54.6 Å². The van der Waals surface area contributed by atoms with Gasteiger partial charge in [-0.25, -0.2) is 0 Å². The first kappa shape index (κ1) is 15.5. The minimum atomic E-state index is -0.320. The molecule has 0 aliphatic carbocycles. The van der Waals surface area contributed by atoms with E-state index in [-0.39, 0.29) is 12.7 Å². The molecule has 0 saturated carbocycles. The Morgan fingerprint density at radius 3 is 1.76 bits per heavy atom. The molecule has 1 atom stereocenters. The SMILES string of the molecule is CC(O)Cc1c2ccccc2cc2ccccc12.CCO. The van der Waals surface area contributed by atoms with Gasteiger partial charge in [0, 0.05) is 6.61 Å². The molecule has 0 radical (unpaired) electrons. The summed E-state index contributed by atoms with van der Waals surface area (Å²) in [5.74, 6) is 0. The van der Waals surface area contributed by atoms with Gasteiger partial charge in [-0.3, -0.25) is 0 Å². The van der Waals surface area contributed by atoms with Crippen molar-refractivity contribution in [2.24, 2.45) is 0 Å². The average molecular weight is 282 g/mol. The van der Waals surface area contributed by atoms with E-state index in [1.165, 1.54) is 27.1 Å². The molecule has 3 aromatic carbocycles. The van der Waals surface area contributed by atoms with Gasteiger partial charge in [0.05, 0.1) is 6.10 Å². The fraction of sp³-hybridized carbons (Fsp3) is 0.263. The van der Waals surface area contributed by atoms with E-state index in [4.69, 9.17) is 5.11 Å². The van der Waals surface area contributed by atoms with Crippen LogP contribution in [0.3, 0.4) is 0 Å². The molecule has 2 nitrogen and oxygen atoms in total. The van der Waals surface area contributed by atoms with Gasteiger partial charge in [-0.1, -0.05) is 48.5 Å². The van der Waals surface area contributed by atoms with Crippen molar-refractivity contribution in [2.45, 2.75) is 26.4 Å². The van der Waals surface area contributed by atoms with Crippen molar-refractivity contribution < 1.29 is 10.2 Å².